The van der Waals surface area contributed by atoms with Crippen LogP contribution in [-0.4, -0.2) is 26.5 Å². The Hall–Kier alpha value is -2.81. The highest BCUT2D eigenvalue weighted by Gasteiger charge is 2.29. The van der Waals surface area contributed by atoms with Crippen LogP contribution in [0.1, 0.15) is 20.3 Å². The smallest absolute Gasteiger partial charge is 0.352 e. The van der Waals surface area contributed by atoms with Crippen molar-refractivity contribution in [2.24, 2.45) is 0 Å². The second-order valence-corrected chi connectivity index (χ2v) is 7.50. The standard InChI is InChI=1S/C20H20F3N5S/c1-3-13(2)25-19-27-17(14-6-5-9-24-12-14)11-18(28-19)26-15-7-4-8-16(10-15)29-20(21,22)23/h4-13H,3H2,1-2H3,(H2,25,26,27,28)/t13-/m0/s1. The molecule has 0 unspecified atom stereocenters. The fraction of sp³-hybridized carbons (Fsp3) is 0.250. The highest BCUT2D eigenvalue weighted by Crippen LogP contribution is 2.37. The normalized spacial score (nSPS) is 12.4. The number of hydrogen-bond acceptors (Lipinski definition) is 6. The summed E-state index contributed by atoms with van der Waals surface area (Å²) in [6.07, 6.45) is 4.26. The molecule has 29 heavy (non-hydrogen) atoms. The number of rotatable bonds is 7. The number of nitrogens with one attached hydrogen (secondary N) is 2. The molecule has 3 rings (SSSR count). The molecule has 0 spiro atoms. The third-order valence-electron chi connectivity index (χ3n) is 4.01. The van der Waals surface area contributed by atoms with E-state index in [1.165, 1.54) is 12.1 Å². The van der Waals surface area contributed by atoms with Crippen molar-refractivity contribution in [2.45, 2.75) is 36.7 Å². The van der Waals surface area contributed by atoms with Crippen LogP contribution >= 0.6 is 11.8 Å². The molecule has 0 amide bonds. The third-order valence-corrected chi connectivity index (χ3v) is 4.73. The third kappa shape index (κ3) is 6.35. The average Bonchev–Trinajstić information content (AvgIpc) is 2.67. The van der Waals surface area contributed by atoms with Gasteiger partial charge in [-0.25, -0.2) is 4.98 Å². The Morgan fingerprint density at radius 3 is 2.62 bits per heavy atom. The van der Waals surface area contributed by atoms with Crippen molar-refractivity contribution < 1.29 is 13.2 Å². The lowest BCUT2D eigenvalue weighted by Crippen LogP contribution is -2.16. The van der Waals surface area contributed by atoms with Crippen molar-refractivity contribution in [1.82, 2.24) is 15.0 Å². The molecule has 0 radical (unpaired) electrons. The summed E-state index contributed by atoms with van der Waals surface area (Å²) in [6.45, 7) is 4.07. The van der Waals surface area contributed by atoms with E-state index in [9.17, 15) is 13.2 Å². The highest BCUT2D eigenvalue weighted by molar-refractivity contribution is 8.00. The van der Waals surface area contributed by atoms with Gasteiger partial charge in [-0.1, -0.05) is 13.0 Å². The van der Waals surface area contributed by atoms with Gasteiger partial charge in [0.25, 0.3) is 0 Å². The molecule has 0 fully saturated rings. The Balaban J connectivity index is 1.92. The molecule has 2 aromatic heterocycles. The zero-order valence-corrected chi connectivity index (χ0v) is 16.7. The van der Waals surface area contributed by atoms with Gasteiger partial charge in [0, 0.05) is 40.6 Å². The molecule has 2 heterocycles. The zero-order valence-electron chi connectivity index (χ0n) is 15.9. The second-order valence-electron chi connectivity index (χ2n) is 6.36. The number of nitrogens with zero attached hydrogens (tertiary/aromatic N) is 3. The van der Waals surface area contributed by atoms with Gasteiger partial charge in [-0.15, -0.1) is 0 Å². The van der Waals surface area contributed by atoms with Crippen LogP contribution in [0.5, 0.6) is 0 Å². The van der Waals surface area contributed by atoms with Crippen molar-refractivity contribution in [2.75, 3.05) is 10.6 Å². The van der Waals surface area contributed by atoms with Gasteiger partial charge in [-0.3, -0.25) is 4.98 Å². The predicted octanol–water partition coefficient (Wildman–Crippen LogP) is 6.10. The van der Waals surface area contributed by atoms with Crippen LogP contribution in [0.2, 0.25) is 0 Å². The summed E-state index contributed by atoms with van der Waals surface area (Å²) >= 11 is -0.153. The van der Waals surface area contributed by atoms with Gasteiger partial charge in [-0.2, -0.15) is 18.2 Å². The van der Waals surface area contributed by atoms with Crippen molar-refractivity contribution in [3.05, 3.63) is 54.9 Å². The number of pyridine rings is 1. The lowest BCUT2D eigenvalue weighted by Gasteiger charge is -2.15. The molecule has 2 N–H and O–H groups in total. The first-order chi connectivity index (χ1) is 13.8. The topological polar surface area (TPSA) is 62.7 Å². The lowest BCUT2D eigenvalue weighted by atomic mass is 10.2. The number of halogens is 3. The summed E-state index contributed by atoms with van der Waals surface area (Å²) in [7, 11) is 0. The first-order valence-electron chi connectivity index (χ1n) is 9.01. The van der Waals surface area contributed by atoms with Crippen molar-refractivity contribution in [3.63, 3.8) is 0 Å². The number of benzene rings is 1. The maximum absolute atomic E-state index is 12.7. The van der Waals surface area contributed by atoms with Crippen molar-refractivity contribution >= 4 is 29.2 Å². The van der Waals surface area contributed by atoms with E-state index < -0.39 is 5.51 Å². The zero-order chi connectivity index (χ0) is 20.9. The molecule has 0 bridgehead atoms. The molecule has 0 aliphatic rings. The first-order valence-corrected chi connectivity index (χ1v) is 9.83. The molecule has 9 heteroatoms. The van der Waals surface area contributed by atoms with Crippen LogP contribution in [-0.2, 0) is 0 Å². The number of aromatic nitrogens is 3. The second kappa shape index (κ2) is 9.13. The minimum atomic E-state index is -4.34. The summed E-state index contributed by atoms with van der Waals surface area (Å²) in [5, 5.41) is 6.31. The molecule has 5 nitrogen and oxygen atoms in total. The summed E-state index contributed by atoms with van der Waals surface area (Å²) in [5.41, 5.74) is -2.37. The van der Waals surface area contributed by atoms with Gasteiger partial charge in [0.15, 0.2) is 0 Å². The summed E-state index contributed by atoms with van der Waals surface area (Å²) in [4.78, 5) is 13.2. The SMILES string of the molecule is CC[C@H](C)Nc1nc(Nc2cccc(SC(F)(F)F)c2)cc(-c2cccnc2)n1. The van der Waals surface area contributed by atoms with Crippen molar-refractivity contribution in [3.8, 4) is 11.3 Å². The van der Waals surface area contributed by atoms with E-state index in [0.29, 0.717) is 23.1 Å². The van der Waals surface area contributed by atoms with E-state index in [-0.39, 0.29) is 22.7 Å². The van der Waals surface area contributed by atoms with Crippen LogP contribution in [0, 0.1) is 0 Å². The fourth-order valence-electron chi connectivity index (χ4n) is 2.48. The Morgan fingerprint density at radius 2 is 1.93 bits per heavy atom. The quantitative estimate of drug-likeness (QED) is 0.451. The summed E-state index contributed by atoms with van der Waals surface area (Å²) < 4.78 is 38.0. The van der Waals surface area contributed by atoms with Gasteiger partial charge in [0.2, 0.25) is 5.95 Å². The summed E-state index contributed by atoms with van der Waals surface area (Å²) in [6, 6.07) is 11.7. The maximum atomic E-state index is 12.7. The van der Waals surface area contributed by atoms with Crippen LogP contribution < -0.4 is 10.6 Å². The molecular formula is C20H20F3N5S. The van der Waals surface area contributed by atoms with E-state index in [2.05, 4.69) is 25.6 Å². The molecular weight excluding hydrogens is 399 g/mol. The minimum absolute atomic E-state index is 0.0991. The number of hydrogen-bond donors (Lipinski definition) is 2. The first kappa shape index (κ1) is 20.9. The van der Waals surface area contributed by atoms with Gasteiger partial charge in [0.1, 0.15) is 5.82 Å². The predicted molar refractivity (Wildman–Crippen MR) is 110 cm³/mol. The largest absolute Gasteiger partial charge is 0.446 e. The van der Waals surface area contributed by atoms with Gasteiger partial charge in [0.05, 0.1) is 5.69 Å². The average molecular weight is 419 g/mol. The van der Waals surface area contributed by atoms with Gasteiger partial charge < -0.3 is 10.6 Å². The van der Waals surface area contributed by atoms with Crippen LogP contribution in [0.4, 0.5) is 30.6 Å². The number of thioether (sulfide) groups is 1. The molecule has 0 aliphatic heterocycles. The monoisotopic (exact) mass is 419 g/mol. The van der Waals surface area contributed by atoms with Crippen LogP contribution in [0.15, 0.2) is 59.8 Å². The lowest BCUT2D eigenvalue weighted by molar-refractivity contribution is -0.0328. The van der Waals surface area contributed by atoms with E-state index in [4.69, 9.17) is 0 Å². The molecule has 0 saturated heterocycles. The Labute approximate surface area is 171 Å². The van der Waals surface area contributed by atoms with Gasteiger partial charge in [-0.05, 0) is 55.4 Å². The van der Waals surface area contributed by atoms with Crippen molar-refractivity contribution in [1.29, 1.82) is 0 Å². The van der Waals surface area contributed by atoms with E-state index in [0.717, 1.165) is 12.0 Å². The Morgan fingerprint density at radius 1 is 1.10 bits per heavy atom. The fourth-order valence-corrected chi connectivity index (χ4v) is 3.08. The highest BCUT2D eigenvalue weighted by atomic mass is 32.2. The summed E-state index contributed by atoms with van der Waals surface area (Å²) in [5.74, 6) is 0.905. The number of anilines is 3. The number of alkyl halides is 3. The Bertz CT molecular complexity index is 950. The molecule has 1 atom stereocenters. The Kier molecular flexibility index (Phi) is 6.58. The molecule has 3 aromatic rings. The maximum Gasteiger partial charge on any atom is 0.446 e. The molecule has 0 saturated carbocycles. The van der Waals surface area contributed by atoms with Gasteiger partial charge >= 0.3 is 5.51 Å². The molecule has 0 aliphatic carbocycles. The van der Waals surface area contributed by atoms with E-state index in [1.807, 2.05) is 26.0 Å². The molecule has 152 valence electrons. The molecule has 1 aromatic carbocycles. The minimum Gasteiger partial charge on any atom is -0.352 e. The van der Waals surface area contributed by atoms with Crippen LogP contribution in [0.3, 0.4) is 0 Å². The van der Waals surface area contributed by atoms with E-state index >= 15 is 0 Å². The van der Waals surface area contributed by atoms with E-state index in [1.54, 1.807) is 30.6 Å². The van der Waals surface area contributed by atoms with Crippen LogP contribution in [0.25, 0.3) is 11.3 Å².